The van der Waals surface area contributed by atoms with E-state index in [1.807, 2.05) is 24.4 Å². The molecule has 2 rings (SSSR count). The molecule has 0 aliphatic carbocycles. The van der Waals surface area contributed by atoms with Crippen LogP contribution in [0, 0.1) is 11.8 Å². The summed E-state index contributed by atoms with van der Waals surface area (Å²) in [4.78, 5) is 4.37. The molecule has 0 radical (unpaired) electrons. The molecule has 0 saturated heterocycles. The van der Waals surface area contributed by atoms with E-state index < -0.39 is 0 Å². The van der Waals surface area contributed by atoms with Gasteiger partial charge in [-0.1, -0.05) is 30.0 Å². The standard InChI is InChI=1S/C15H16N2/c1-12(2)16-9-5-6-13-10-14-7-3-4-8-15(14)17-11-13/h3-4,7-8,10-12,16H,9H2,1-2H3. The van der Waals surface area contributed by atoms with Crippen LogP contribution in [0.4, 0.5) is 0 Å². The number of aromatic nitrogens is 1. The average Bonchev–Trinajstić information content (AvgIpc) is 2.34. The van der Waals surface area contributed by atoms with Crippen LogP contribution in [0.2, 0.25) is 0 Å². The molecule has 17 heavy (non-hydrogen) atoms. The van der Waals surface area contributed by atoms with Crippen LogP contribution in [0.5, 0.6) is 0 Å². The molecule has 1 N–H and O–H groups in total. The summed E-state index contributed by atoms with van der Waals surface area (Å²) < 4.78 is 0. The van der Waals surface area contributed by atoms with Crippen molar-refractivity contribution in [1.29, 1.82) is 0 Å². The fourth-order valence-electron chi connectivity index (χ4n) is 1.54. The predicted molar refractivity (Wildman–Crippen MR) is 71.8 cm³/mol. The minimum absolute atomic E-state index is 0.471. The van der Waals surface area contributed by atoms with Crippen molar-refractivity contribution in [2.45, 2.75) is 19.9 Å². The van der Waals surface area contributed by atoms with Crippen molar-refractivity contribution in [1.82, 2.24) is 10.3 Å². The Morgan fingerprint density at radius 2 is 2.12 bits per heavy atom. The zero-order valence-electron chi connectivity index (χ0n) is 10.2. The van der Waals surface area contributed by atoms with Crippen LogP contribution in [0.1, 0.15) is 19.4 Å². The van der Waals surface area contributed by atoms with Crippen molar-refractivity contribution in [3.8, 4) is 11.8 Å². The second-order valence-corrected chi connectivity index (χ2v) is 4.25. The van der Waals surface area contributed by atoms with E-state index in [4.69, 9.17) is 0 Å². The quantitative estimate of drug-likeness (QED) is 0.793. The van der Waals surface area contributed by atoms with E-state index in [2.05, 4.69) is 48.1 Å². The number of hydrogen-bond acceptors (Lipinski definition) is 2. The fraction of sp³-hybridized carbons (Fsp3) is 0.267. The maximum absolute atomic E-state index is 4.37. The summed E-state index contributed by atoms with van der Waals surface area (Å²) in [5, 5.41) is 4.39. The highest BCUT2D eigenvalue weighted by Gasteiger charge is 1.94. The van der Waals surface area contributed by atoms with Gasteiger partial charge in [-0.25, -0.2) is 0 Å². The Labute approximate surface area is 102 Å². The third-order valence-corrected chi connectivity index (χ3v) is 2.42. The molecule has 0 unspecified atom stereocenters. The summed E-state index contributed by atoms with van der Waals surface area (Å²) in [5.41, 5.74) is 1.98. The lowest BCUT2D eigenvalue weighted by atomic mass is 10.1. The lowest BCUT2D eigenvalue weighted by Crippen LogP contribution is -2.22. The van der Waals surface area contributed by atoms with Gasteiger partial charge in [-0.15, -0.1) is 0 Å². The van der Waals surface area contributed by atoms with Gasteiger partial charge in [0, 0.05) is 23.2 Å². The van der Waals surface area contributed by atoms with Crippen LogP contribution >= 0.6 is 0 Å². The number of fused-ring (bicyclic) bond motifs is 1. The third-order valence-electron chi connectivity index (χ3n) is 2.42. The first-order valence-electron chi connectivity index (χ1n) is 5.83. The largest absolute Gasteiger partial charge is 0.304 e. The minimum atomic E-state index is 0.471. The summed E-state index contributed by atoms with van der Waals surface area (Å²) in [7, 11) is 0. The molecule has 0 fully saturated rings. The summed E-state index contributed by atoms with van der Waals surface area (Å²) in [6.45, 7) is 4.93. The molecule has 1 aromatic carbocycles. The van der Waals surface area contributed by atoms with E-state index >= 15 is 0 Å². The van der Waals surface area contributed by atoms with Crippen LogP contribution in [-0.2, 0) is 0 Å². The monoisotopic (exact) mass is 224 g/mol. The van der Waals surface area contributed by atoms with Gasteiger partial charge in [-0.05, 0) is 26.0 Å². The molecule has 0 saturated carbocycles. The molecule has 1 heterocycles. The zero-order chi connectivity index (χ0) is 12.1. The number of pyridine rings is 1. The van der Waals surface area contributed by atoms with Gasteiger partial charge in [0.2, 0.25) is 0 Å². The van der Waals surface area contributed by atoms with Crippen molar-refractivity contribution in [2.75, 3.05) is 6.54 Å². The van der Waals surface area contributed by atoms with E-state index in [9.17, 15) is 0 Å². The second-order valence-electron chi connectivity index (χ2n) is 4.25. The minimum Gasteiger partial charge on any atom is -0.304 e. The highest BCUT2D eigenvalue weighted by molar-refractivity contribution is 5.79. The van der Waals surface area contributed by atoms with Gasteiger partial charge in [-0.2, -0.15) is 0 Å². The Balaban J connectivity index is 2.14. The molecule has 0 aliphatic rings. The summed E-state index contributed by atoms with van der Waals surface area (Å²) >= 11 is 0. The third kappa shape index (κ3) is 3.30. The van der Waals surface area contributed by atoms with Crippen molar-refractivity contribution in [2.24, 2.45) is 0 Å². The van der Waals surface area contributed by atoms with Gasteiger partial charge in [0.1, 0.15) is 0 Å². The second kappa shape index (κ2) is 5.47. The molecule has 0 aliphatic heterocycles. The number of para-hydroxylation sites is 1. The zero-order valence-corrected chi connectivity index (χ0v) is 10.2. The Kier molecular flexibility index (Phi) is 3.74. The number of nitrogens with zero attached hydrogens (tertiary/aromatic N) is 1. The van der Waals surface area contributed by atoms with Crippen LogP contribution < -0.4 is 5.32 Å². The summed E-state index contributed by atoms with van der Waals surface area (Å²) in [6, 6.07) is 10.6. The Bertz CT molecular complexity index is 562. The molecular formula is C15H16N2. The SMILES string of the molecule is CC(C)NCC#Cc1cnc2ccccc2c1. The Morgan fingerprint density at radius 3 is 2.94 bits per heavy atom. The van der Waals surface area contributed by atoms with Crippen LogP contribution in [0.3, 0.4) is 0 Å². The van der Waals surface area contributed by atoms with E-state index in [-0.39, 0.29) is 0 Å². The first kappa shape index (κ1) is 11.6. The maximum atomic E-state index is 4.37. The Morgan fingerprint density at radius 1 is 1.29 bits per heavy atom. The lowest BCUT2D eigenvalue weighted by molar-refractivity contribution is 0.638. The van der Waals surface area contributed by atoms with E-state index in [1.54, 1.807) is 0 Å². The van der Waals surface area contributed by atoms with Crippen molar-refractivity contribution in [3.05, 3.63) is 42.1 Å². The van der Waals surface area contributed by atoms with Gasteiger partial charge < -0.3 is 5.32 Å². The molecule has 0 atom stereocenters. The summed E-state index contributed by atoms with van der Waals surface area (Å²) in [6.07, 6.45) is 1.82. The fourth-order valence-corrected chi connectivity index (χ4v) is 1.54. The van der Waals surface area contributed by atoms with E-state index in [0.717, 1.165) is 16.5 Å². The predicted octanol–water partition coefficient (Wildman–Crippen LogP) is 2.58. The summed E-state index contributed by atoms with van der Waals surface area (Å²) in [5.74, 6) is 6.21. The molecule has 0 spiro atoms. The highest BCUT2D eigenvalue weighted by atomic mass is 14.9. The molecule has 2 nitrogen and oxygen atoms in total. The van der Waals surface area contributed by atoms with Crippen LogP contribution in [0.25, 0.3) is 10.9 Å². The molecule has 86 valence electrons. The van der Waals surface area contributed by atoms with Crippen LogP contribution in [-0.4, -0.2) is 17.6 Å². The highest BCUT2D eigenvalue weighted by Crippen LogP contribution is 2.11. The van der Waals surface area contributed by atoms with Gasteiger partial charge in [0.15, 0.2) is 0 Å². The molecule has 0 bridgehead atoms. The first-order valence-corrected chi connectivity index (χ1v) is 5.83. The van der Waals surface area contributed by atoms with E-state index in [0.29, 0.717) is 12.6 Å². The molecular weight excluding hydrogens is 208 g/mol. The van der Waals surface area contributed by atoms with Crippen molar-refractivity contribution >= 4 is 10.9 Å². The average molecular weight is 224 g/mol. The molecule has 1 aromatic heterocycles. The molecule has 0 amide bonds. The number of benzene rings is 1. The van der Waals surface area contributed by atoms with Gasteiger partial charge in [0.05, 0.1) is 12.1 Å². The van der Waals surface area contributed by atoms with Gasteiger partial charge >= 0.3 is 0 Å². The van der Waals surface area contributed by atoms with Gasteiger partial charge in [-0.3, -0.25) is 4.98 Å². The number of hydrogen-bond donors (Lipinski definition) is 1. The van der Waals surface area contributed by atoms with E-state index in [1.165, 1.54) is 0 Å². The number of nitrogens with one attached hydrogen (secondary N) is 1. The maximum Gasteiger partial charge on any atom is 0.0702 e. The smallest absolute Gasteiger partial charge is 0.0702 e. The Hall–Kier alpha value is -1.85. The first-order chi connectivity index (χ1) is 8.25. The normalized spacial score (nSPS) is 10.3. The number of rotatable bonds is 2. The molecule has 2 heteroatoms. The van der Waals surface area contributed by atoms with Crippen molar-refractivity contribution in [3.63, 3.8) is 0 Å². The molecule has 2 aromatic rings. The van der Waals surface area contributed by atoms with Gasteiger partial charge in [0.25, 0.3) is 0 Å². The van der Waals surface area contributed by atoms with Crippen molar-refractivity contribution < 1.29 is 0 Å². The topological polar surface area (TPSA) is 24.9 Å². The van der Waals surface area contributed by atoms with Crippen LogP contribution in [0.15, 0.2) is 36.5 Å². The lowest BCUT2D eigenvalue weighted by Gasteiger charge is -2.01.